The Morgan fingerprint density at radius 3 is 1.37 bits per heavy atom. The Hall–Kier alpha value is -1.66. The van der Waals surface area contributed by atoms with Crippen LogP contribution in [0.4, 0.5) is 0 Å². The molecule has 0 saturated carbocycles. The minimum Gasteiger partial charge on any atom is -0.466 e. The number of carbonyl (C=O) groups is 2. The number of esters is 1. The monoisotopic (exact) mass is 734 g/mol. The van der Waals surface area contributed by atoms with Crippen molar-refractivity contribution in [3.8, 4) is 0 Å². The molecule has 0 aliphatic carbocycles. The molecule has 0 heterocycles. The van der Waals surface area contributed by atoms with Crippen molar-refractivity contribution in [2.45, 2.75) is 244 Å². The van der Waals surface area contributed by atoms with Crippen molar-refractivity contribution in [3.63, 3.8) is 0 Å². The minimum absolute atomic E-state index is 0.0326. The highest BCUT2D eigenvalue weighted by Crippen LogP contribution is 2.14. The van der Waals surface area contributed by atoms with Crippen LogP contribution in [0.15, 0.2) is 24.3 Å². The number of aliphatic hydroxyl groups is 2. The summed E-state index contributed by atoms with van der Waals surface area (Å²) in [6.45, 7) is 4.80. The second-order valence-electron chi connectivity index (χ2n) is 15.4. The van der Waals surface area contributed by atoms with E-state index in [-0.39, 0.29) is 18.5 Å². The fraction of sp³-hybridized carbons (Fsp3) is 0.870. The summed E-state index contributed by atoms with van der Waals surface area (Å²) >= 11 is 0. The number of aliphatic hydroxyl groups excluding tert-OH is 2. The van der Waals surface area contributed by atoms with E-state index in [2.05, 4.69) is 31.3 Å². The molecule has 0 radical (unpaired) electrons. The van der Waals surface area contributed by atoms with Crippen LogP contribution in [0, 0.1) is 0 Å². The molecule has 0 aromatic carbocycles. The molecular formula is C46H87NO5. The number of allylic oxidation sites excluding steroid dienone is 3. The van der Waals surface area contributed by atoms with Gasteiger partial charge in [0, 0.05) is 12.8 Å². The number of nitrogens with one attached hydrogen (secondary N) is 1. The highest BCUT2D eigenvalue weighted by molar-refractivity contribution is 5.76. The van der Waals surface area contributed by atoms with E-state index >= 15 is 0 Å². The molecule has 0 aliphatic heterocycles. The molecule has 0 spiro atoms. The fourth-order valence-corrected chi connectivity index (χ4v) is 6.68. The van der Waals surface area contributed by atoms with E-state index in [0.717, 1.165) is 83.5 Å². The third-order valence-electron chi connectivity index (χ3n) is 10.2. The van der Waals surface area contributed by atoms with Crippen LogP contribution in [0.1, 0.15) is 232 Å². The number of hydrogen-bond donors (Lipinski definition) is 3. The molecule has 2 unspecified atom stereocenters. The van der Waals surface area contributed by atoms with E-state index in [0.29, 0.717) is 19.4 Å². The van der Waals surface area contributed by atoms with Crippen LogP contribution in [0.3, 0.4) is 0 Å². The largest absolute Gasteiger partial charge is 0.466 e. The number of unbranched alkanes of at least 4 members (excludes halogenated alkanes) is 28. The summed E-state index contributed by atoms with van der Waals surface area (Å²) in [6.07, 6.45) is 47.4. The first-order valence-electron chi connectivity index (χ1n) is 22.6. The molecule has 3 N–H and O–H groups in total. The lowest BCUT2D eigenvalue weighted by atomic mass is 10.0. The minimum atomic E-state index is -0.859. The predicted octanol–water partition coefficient (Wildman–Crippen LogP) is 12.8. The van der Waals surface area contributed by atoms with Crippen LogP contribution in [0.25, 0.3) is 0 Å². The smallest absolute Gasteiger partial charge is 0.305 e. The maximum atomic E-state index is 12.3. The van der Waals surface area contributed by atoms with Crippen LogP contribution < -0.4 is 5.32 Å². The molecule has 2 atom stereocenters. The summed E-state index contributed by atoms with van der Waals surface area (Å²) < 4.78 is 5.42. The average molecular weight is 734 g/mol. The number of carbonyl (C=O) groups excluding carboxylic acids is 2. The van der Waals surface area contributed by atoms with Gasteiger partial charge in [-0.2, -0.15) is 0 Å². The summed E-state index contributed by atoms with van der Waals surface area (Å²) in [4.78, 5) is 24.3. The molecule has 0 rings (SSSR count). The van der Waals surface area contributed by atoms with Crippen LogP contribution >= 0.6 is 0 Å². The molecule has 0 fully saturated rings. The molecule has 0 saturated heterocycles. The maximum absolute atomic E-state index is 12.3. The second-order valence-corrected chi connectivity index (χ2v) is 15.4. The van der Waals surface area contributed by atoms with Crippen molar-refractivity contribution in [1.82, 2.24) is 5.32 Å². The third kappa shape index (κ3) is 38.1. The van der Waals surface area contributed by atoms with Gasteiger partial charge in [0.05, 0.1) is 25.4 Å². The lowest BCUT2D eigenvalue weighted by molar-refractivity contribution is -0.143. The van der Waals surface area contributed by atoms with Gasteiger partial charge >= 0.3 is 5.97 Å². The predicted molar refractivity (Wildman–Crippen MR) is 223 cm³/mol. The quantitative estimate of drug-likeness (QED) is 0.0330. The van der Waals surface area contributed by atoms with Gasteiger partial charge in [0.2, 0.25) is 5.91 Å². The van der Waals surface area contributed by atoms with E-state index in [1.54, 1.807) is 6.08 Å². The zero-order valence-electron chi connectivity index (χ0n) is 34.5. The van der Waals surface area contributed by atoms with Gasteiger partial charge in [-0.3, -0.25) is 9.59 Å². The second kappa shape index (κ2) is 42.1. The van der Waals surface area contributed by atoms with E-state index in [1.807, 2.05) is 6.08 Å². The van der Waals surface area contributed by atoms with Gasteiger partial charge in [0.25, 0.3) is 0 Å². The number of rotatable bonds is 41. The molecule has 1 amide bonds. The van der Waals surface area contributed by atoms with Gasteiger partial charge in [-0.25, -0.2) is 0 Å². The van der Waals surface area contributed by atoms with Crippen molar-refractivity contribution < 1.29 is 24.5 Å². The van der Waals surface area contributed by atoms with Gasteiger partial charge in [0.15, 0.2) is 0 Å². The van der Waals surface area contributed by atoms with Gasteiger partial charge < -0.3 is 20.3 Å². The molecule has 6 heteroatoms. The van der Waals surface area contributed by atoms with Crippen LogP contribution in [-0.2, 0) is 14.3 Å². The maximum Gasteiger partial charge on any atom is 0.305 e. The van der Waals surface area contributed by atoms with Gasteiger partial charge in [0.1, 0.15) is 0 Å². The van der Waals surface area contributed by atoms with Crippen LogP contribution in [0.2, 0.25) is 0 Å². The first-order valence-corrected chi connectivity index (χ1v) is 22.6. The van der Waals surface area contributed by atoms with Gasteiger partial charge in [-0.05, 0) is 57.8 Å². The fourth-order valence-electron chi connectivity index (χ4n) is 6.68. The third-order valence-corrected chi connectivity index (χ3v) is 10.2. The Bertz CT molecular complexity index is 813. The first-order chi connectivity index (χ1) is 25.5. The molecule has 0 aliphatic rings. The summed E-state index contributed by atoms with van der Waals surface area (Å²) in [5.41, 5.74) is 0. The van der Waals surface area contributed by atoms with Gasteiger partial charge in [-0.15, -0.1) is 0 Å². The molecular weight excluding hydrogens is 647 g/mol. The summed E-state index contributed by atoms with van der Waals surface area (Å²) in [5, 5.41) is 22.9. The SMILES string of the molecule is CCCCCCCCCCC/C=C/C(O)C(CO)NC(=O)CCCCCCC/C=C\CCCCOC(=O)CCCCCCCCCCCCCCC. The Kier molecular flexibility index (Phi) is 40.7. The zero-order valence-corrected chi connectivity index (χ0v) is 34.5. The van der Waals surface area contributed by atoms with Crippen molar-refractivity contribution in [2.24, 2.45) is 0 Å². The van der Waals surface area contributed by atoms with E-state index in [1.165, 1.54) is 122 Å². The van der Waals surface area contributed by atoms with Crippen LogP contribution in [0.5, 0.6) is 0 Å². The lowest BCUT2D eigenvalue weighted by Gasteiger charge is -2.20. The van der Waals surface area contributed by atoms with Crippen molar-refractivity contribution >= 4 is 11.9 Å². The molecule has 52 heavy (non-hydrogen) atoms. The summed E-state index contributed by atoms with van der Waals surface area (Å²) in [7, 11) is 0. The van der Waals surface area contributed by atoms with Crippen LogP contribution in [-0.4, -0.2) is 47.4 Å². The standard InChI is InChI=1S/C46H87NO5/c1-3-5-7-9-11-13-15-16-20-24-28-32-36-40-46(51)52-41-37-33-29-25-21-17-19-23-27-31-35-39-45(50)47-43(42-48)44(49)38-34-30-26-22-18-14-12-10-8-6-4-2/h21,25,34,38,43-44,48-49H,3-20,22-24,26-33,35-37,39-42H2,1-2H3,(H,47,50)/b25-21-,38-34+. The number of ether oxygens (including phenoxy) is 1. The topological polar surface area (TPSA) is 95.9 Å². The number of amides is 1. The Labute approximate surface area is 322 Å². The molecule has 306 valence electrons. The molecule has 0 aromatic rings. The average Bonchev–Trinajstić information content (AvgIpc) is 3.14. The molecule has 0 aromatic heterocycles. The van der Waals surface area contributed by atoms with Gasteiger partial charge in [-0.1, -0.05) is 186 Å². The number of hydrogen-bond acceptors (Lipinski definition) is 5. The Morgan fingerprint density at radius 2 is 0.904 bits per heavy atom. The molecule has 0 bridgehead atoms. The van der Waals surface area contributed by atoms with E-state index in [9.17, 15) is 19.8 Å². The Morgan fingerprint density at radius 1 is 0.519 bits per heavy atom. The normalized spacial score (nSPS) is 12.9. The Balaban J connectivity index is 3.55. The van der Waals surface area contributed by atoms with Crippen molar-refractivity contribution in [2.75, 3.05) is 13.2 Å². The highest BCUT2D eigenvalue weighted by Gasteiger charge is 2.18. The van der Waals surface area contributed by atoms with Crippen molar-refractivity contribution in [1.29, 1.82) is 0 Å². The van der Waals surface area contributed by atoms with E-state index in [4.69, 9.17) is 4.74 Å². The van der Waals surface area contributed by atoms with Crippen molar-refractivity contribution in [3.05, 3.63) is 24.3 Å². The lowest BCUT2D eigenvalue weighted by Crippen LogP contribution is -2.45. The molecule has 6 nitrogen and oxygen atoms in total. The summed E-state index contributed by atoms with van der Waals surface area (Å²) in [6, 6.07) is -0.646. The van der Waals surface area contributed by atoms with E-state index < -0.39 is 12.1 Å². The first kappa shape index (κ1) is 50.3. The summed E-state index contributed by atoms with van der Waals surface area (Å²) in [5.74, 6) is -0.132. The zero-order chi connectivity index (χ0) is 38.0. The highest BCUT2D eigenvalue weighted by atomic mass is 16.5.